The number of pyridine rings is 1. The minimum atomic E-state index is 0.410. The molecule has 1 saturated heterocycles. The van der Waals surface area contributed by atoms with Crippen molar-refractivity contribution in [3.05, 3.63) is 18.5 Å². The van der Waals surface area contributed by atoms with Gasteiger partial charge in [0.15, 0.2) is 0 Å². The van der Waals surface area contributed by atoms with Crippen LogP contribution in [0.2, 0.25) is 0 Å². The van der Waals surface area contributed by atoms with E-state index in [4.69, 9.17) is 4.74 Å². The summed E-state index contributed by atoms with van der Waals surface area (Å²) in [5, 5.41) is 6.87. The average Bonchev–Trinajstić information content (AvgIpc) is 3.12. The first-order valence-electron chi connectivity index (χ1n) is 6.94. The van der Waals surface area contributed by atoms with Gasteiger partial charge < -0.3 is 15.4 Å². The van der Waals surface area contributed by atoms with Gasteiger partial charge in [-0.2, -0.15) is 0 Å². The summed E-state index contributed by atoms with van der Waals surface area (Å²) in [6.45, 7) is 3.90. The van der Waals surface area contributed by atoms with E-state index in [2.05, 4.69) is 28.6 Å². The summed E-state index contributed by atoms with van der Waals surface area (Å²) in [5.41, 5.74) is 2.17. The van der Waals surface area contributed by atoms with Crippen molar-refractivity contribution in [1.82, 2.24) is 4.98 Å². The van der Waals surface area contributed by atoms with Gasteiger partial charge >= 0.3 is 0 Å². The molecule has 2 atom stereocenters. The molecule has 4 heteroatoms. The zero-order valence-corrected chi connectivity index (χ0v) is 10.9. The van der Waals surface area contributed by atoms with Gasteiger partial charge in [0.1, 0.15) is 0 Å². The number of nitrogens with zero attached hydrogens (tertiary/aromatic N) is 1. The van der Waals surface area contributed by atoms with Gasteiger partial charge in [0.25, 0.3) is 0 Å². The zero-order chi connectivity index (χ0) is 12.4. The molecular formula is C14H21N3O. The minimum Gasteiger partial charge on any atom is -0.384 e. The number of ether oxygens (including phenoxy) is 1. The molecule has 1 aliphatic heterocycles. The molecule has 0 aromatic carbocycles. The molecule has 1 aromatic heterocycles. The summed E-state index contributed by atoms with van der Waals surface area (Å²) in [5.74, 6) is 0.787. The first-order valence-corrected chi connectivity index (χ1v) is 6.94. The first-order chi connectivity index (χ1) is 8.86. The maximum atomic E-state index is 5.84. The van der Waals surface area contributed by atoms with Crippen LogP contribution in [0, 0.1) is 5.92 Å². The Bertz CT molecular complexity index is 406. The Morgan fingerprint density at radius 2 is 2.11 bits per heavy atom. The molecule has 2 N–H and O–H groups in total. The predicted octanol–water partition coefficient (Wildman–Crippen LogP) is 2.49. The van der Waals surface area contributed by atoms with Gasteiger partial charge in [0.05, 0.1) is 35.9 Å². The van der Waals surface area contributed by atoms with E-state index in [1.807, 2.05) is 12.4 Å². The minimum absolute atomic E-state index is 0.410. The van der Waals surface area contributed by atoms with Crippen molar-refractivity contribution in [2.24, 2.45) is 5.92 Å². The number of hydrogen-bond acceptors (Lipinski definition) is 4. The normalized spacial score (nSPS) is 27.2. The number of anilines is 2. The highest BCUT2D eigenvalue weighted by Crippen LogP contribution is 2.39. The molecule has 2 heterocycles. The molecule has 18 heavy (non-hydrogen) atoms. The number of nitrogens with one attached hydrogen (secondary N) is 2. The molecule has 1 aromatic rings. The van der Waals surface area contributed by atoms with Crippen LogP contribution in [0.15, 0.2) is 18.5 Å². The SMILES string of the molecule is CCNc1cncc(NC2CCOC2C2CC2)c1. The van der Waals surface area contributed by atoms with Gasteiger partial charge in [-0.15, -0.1) is 0 Å². The predicted molar refractivity (Wildman–Crippen MR) is 72.9 cm³/mol. The van der Waals surface area contributed by atoms with Crippen molar-refractivity contribution in [2.45, 2.75) is 38.3 Å². The summed E-state index contributed by atoms with van der Waals surface area (Å²) in [7, 11) is 0. The smallest absolute Gasteiger partial charge is 0.0804 e. The lowest BCUT2D eigenvalue weighted by Crippen LogP contribution is -2.31. The largest absolute Gasteiger partial charge is 0.384 e. The second kappa shape index (κ2) is 5.14. The van der Waals surface area contributed by atoms with Crippen LogP contribution in [0.4, 0.5) is 11.4 Å². The molecule has 0 spiro atoms. The van der Waals surface area contributed by atoms with Crippen molar-refractivity contribution in [3.63, 3.8) is 0 Å². The Balaban J connectivity index is 1.65. The maximum absolute atomic E-state index is 5.84. The lowest BCUT2D eigenvalue weighted by Gasteiger charge is -2.20. The van der Waals surface area contributed by atoms with Crippen LogP contribution < -0.4 is 10.6 Å². The van der Waals surface area contributed by atoms with Crippen LogP contribution in [0.5, 0.6) is 0 Å². The second-order valence-electron chi connectivity index (χ2n) is 5.20. The fraction of sp³-hybridized carbons (Fsp3) is 0.643. The summed E-state index contributed by atoms with van der Waals surface area (Å²) in [6.07, 6.45) is 7.93. The average molecular weight is 247 g/mol. The number of hydrogen-bond donors (Lipinski definition) is 2. The molecule has 0 bridgehead atoms. The molecular weight excluding hydrogens is 226 g/mol. The van der Waals surface area contributed by atoms with E-state index in [-0.39, 0.29) is 0 Å². The van der Waals surface area contributed by atoms with Crippen molar-refractivity contribution in [3.8, 4) is 0 Å². The van der Waals surface area contributed by atoms with E-state index in [1.165, 1.54) is 12.8 Å². The fourth-order valence-electron chi connectivity index (χ4n) is 2.69. The lowest BCUT2D eigenvalue weighted by molar-refractivity contribution is 0.0898. The zero-order valence-electron chi connectivity index (χ0n) is 10.9. The second-order valence-corrected chi connectivity index (χ2v) is 5.20. The fourth-order valence-corrected chi connectivity index (χ4v) is 2.69. The Morgan fingerprint density at radius 3 is 2.89 bits per heavy atom. The standard InChI is InChI=1S/C14H21N3O/c1-2-16-11-7-12(9-15-8-11)17-13-5-6-18-14(13)10-3-4-10/h7-10,13-14,16-17H,2-6H2,1H3. The van der Waals surface area contributed by atoms with Crippen LogP contribution in [-0.4, -0.2) is 30.3 Å². The van der Waals surface area contributed by atoms with Crippen LogP contribution in [0.3, 0.4) is 0 Å². The van der Waals surface area contributed by atoms with Crippen LogP contribution in [-0.2, 0) is 4.74 Å². The van der Waals surface area contributed by atoms with E-state index in [1.54, 1.807) is 0 Å². The Labute approximate surface area is 108 Å². The summed E-state index contributed by atoms with van der Waals surface area (Å²) in [6, 6.07) is 2.58. The van der Waals surface area contributed by atoms with E-state index >= 15 is 0 Å². The highest BCUT2D eigenvalue weighted by atomic mass is 16.5. The molecule has 98 valence electrons. The van der Waals surface area contributed by atoms with E-state index in [0.717, 1.165) is 36.9 Å². The van der Waals surface area contributed by atoms with Crippen LogP contribution in [0.25, 0.3) is 0 Å². The van der Waals surface area contributed by atoms with Gasteiger partial charge in [0, 0.05) is 13.2 Å². The molecule has 4 nitrogen and oxygen atoms in total. The molecule has 2 aliphatic rings. The molecule has 2 unspecified atom stereocenters. The molecule has 3 rings (SSSR count). The number of rotatable bonds is 5. The van der Waals surface area contributed by atoms with Crippen molar-refractivity contribution < 1.29 is 4.74 Å². The van der Waals surface area contributed by atoms with E-state index < -0.39 is 0 Å². The Morgan fingerprint density at radius 1 is 1.28 bits per heavy atom. The topological polar surface area (TPSA) is 46.2 Å². The van der Waals surface area contributed by atoms with Crippen LogP contribution in [0.1, 0.15) is 26.2 Å². The molecule has 0 radical (unpaired) electrons. The van der Waals surface area contributed by atoms with Gasteiger partial charge in [-0.05, 0) is 38.2 Å². The molecule has 1 aliphatic carbocycles. The summed E-state index contributed by atoms with van der Waals surface area (Å²) in [4.78, 5) is 4.27. The monoisotopic (exact) mass is 247 g/mol. The quantitative estimate of drug-likeness (QED) is 0.839. The Kier molecular flexibility index (Phi) is 3.37. The van der Waals surface area contributed by atoms with Crippen molar-refractivity contribution in [1.29, 1.82) is 0 Å². The third kappa shape index (κ3) is 2.58. The molecule has 1 saturated carbocycles. The lowest BCUT2D eigenvalue weighted by atomic mass is 10.1. The first kappa shape index (κ1) is 11.8. The van der Waals surface area contributed by atoms with Gasteiger partial charge in [0.2, 0.25) is 0 Å². The maximum Gasteiger partial charge on any atom is 0.0804 e. The van der Waals surface area contributed by atoms with E-state index in [0.29, 0.717) is 12.1 Å². The summed E-state index contributed by atoms with van der Waals surface area (Å²) < 4.78 is 5.84. The van der Waals surface area contributed by atoms with Crippen molar-refractivity contribution >= 4 is 11.4 Å². The number of aromatic nitrogens is 1. The van der Waals surface area contributed by atoms with Crippen molar-refractivity contribution in [2.75, 3.05) is 23.8 Å². The van der Waals surface area contributed by atoms with Gasteiger partial charge in [-0.1, -0.05) is 0 Å². The van der Waals surface area contributed by atoms with Gasteiger partial charge in [-0.25, -0.2) is 0 Å². The molecule has 0 amide bonds. The Hall–Kier alpha value is -1.29. The highest BCUT2D eigenvalue weighted by Gasteiger charge is 2.40. The third-order valence-corrected chi connectivity index (χ3v) is 3.69. The highest BCUT2D eigenvalue weighted by molar-refractivity contribution is 5.54. The van der Waals surface area contributed by atoms with Gasteiger partial charge in [-0.3, -0.25) is 4.98 Å². The summed E-state index contributed by atoms with van der Waals surface area (Å²) >= 11 is 0. The third-order valence-electron chi connectivity index (χ3n) is 3.69. The van der Waals surface area contributed by atoms with E-state index in [9.17, 15) is 0 Å². The molecule has 2 fully saturated rings. The van der Waals surface area contributed by atoms with Crippen LogP contribution >= 0.6 is 0 Å².